The molecular formula is C34H33N7O2S2. The number of hydrogen-bond acceptors (Lipinski definition) is 8. The van der Waals surface area contributed by atoms with Crippen LogP contribution < -0.4 is 5.32 Å². The van der Waals surface area contributed by atoms with Crippen molar-refractivity contribution in [3.63, 3.8) is 0 Å². The predicted molar refractivity (Wildman–Crippen MR) is 177 cm³/mol. The van der Waals surface area contributed by atoms with Crippen LogP contribution in [-0.4, -0.2) is 40.4 Å². The molecule has 4 aliphatic carbocycles. The Labute approximate surface area is 268 Å². The highest BCUT2D eigenvalue weighted by atomic mass is 32.1. The zero-order valence-corrected chi connectivity index (χ0v) is 26.6. The summed E-state index contributed by atoms with van der Waals surface area (Å²) in [6, 6.07) is 11.9. The average molecular weight is 636 g/mol. The number of carboxylic acid groups (broad SMARTS) is 1. The van der Waals surface area contributed by atoms with Crippen molar-refractivity contribution >= 4 is 54.6 Å². The number of fused-ring (bicyclic) bond motifs is 3. The van der Waals surface area contributed by atoms with E-state index in [9.17, 15) is 9.90 Å². The highest BCUT2D eigenvalue weighted by molar-refractivity contribution is 7.22. The van der Waals surface area contributed by atoms with Crippen molar-refractivity contribution in [2.75, 3.05) is 5.32 Å². The highest BCUT2D eigenvalue weighted by Crippen LogP contribution is 2.58. The Balaban J connectivity index is 1.02. The lowest BCUT2D eigenvalue weighted by atomic mass is 9.58. The number of nitrogens with one attached hydrogen (secondary N) is 1. The molecule has 5 aromatic heterocycles. The fourth-order valence-electron chi connectivity index (χ4n) is 8.78. The number of benzene rings is 1. The second-order valence-corrected chi connectivity index (χ2v) is 15.4. The van der Waals surface area contributed by atoms with Gasteiger partial charge in [-0.05, 0) is 86.5 Å². The number of anilines is 2. The second-order valence-electron chi connectivity index (χ2n) is 13.5. The largest absolute Gasteiger partial charge is 0.478 e. The van der Waals surface area contributed by atoms with E-state index in [2.05, 4.69) is 33.0 Å². The van der Waals surface area contributed by atoms with Gasteiger partial charge in [-0.25, -0.2) is 19.3 Å². The monoisotopic (exact) mass is 635 g/mol. The first kappa shape index (κ1) is 27.2. The molecule has 0 aliphatic heterocycles. The van der Waals surface area contributed by atoms with Crippen LogP contribution in [0.15, 0.2) is 54.2 Å². The number of carboxylic acids is 1. The summed E-state index contributed by atoms with van der Waals surface area (Å²) >= 11 is 2.97. The van der Waals surface area contributed by atoms with Gasteiger partial charge in [0.25, 0.3) is 0 Å². The minimum absolute atomic E-state index is 0.225. The Morgan fingerprint density at radius 3 is 2.62 bits per heavy atom. The lowest BCUT2D eigenvalue weighted by molar-refractivity contribution is 0.0169. The van der Waals surface area contributed by atoms with Crippen molar-refractivity contribution in [3.8, 4) is 22.5 Å². The first-order valence-electron chi connectivity index (χ1n) is 15.8. The maximum atomic E-state index is 12.7. The van der Waals surface area contributed by atoms with Gasteiger partial charge in [-0.2, -0.15) is 10.2 Å². The molecule has 11 heteroatoms. The summed E-state index contributed by atoms with van der Waals surface area (Å²) in [5, 5.41) is 26.2. The lowest BCUT2D eigenvalue weighted by Crippen LogP contribution is -2.40. The number of aromatic carboxylic acids is 1. The molecule has 9 nitrogen and oxygen atoms in total. The molecular weight excluding hydrogens is 603 g/mol. The van der Waals surface area contributed by atoms with Gasteiger partial charge in [-0.1, -0.05) is 36.3 Å². The smallest absolute Gasteiger partial charge is 0.341 e. The van der Waals surface area contributed by atoms with Crippen molar-refractivity contribution < 1.29 is 9.90 Å². The van der Waals surface area contributed by atoms with Crippen LogP contribution in [0.25, 0.3) is 37.6 Å². The number of aromatic nitrogens is 6. The molecule has 6 aromatic rings. The van der Waals surface area contributed by atoms with E-state index in [1.54, 1.807) is 22.0 Å². The van der Waals surface area contributed by atoms with Crippen LogP contribution in [0, 0.1) is 30.1 Å². The van der Waals surface area contributed by atoms with E-state index in [4.69, 9.17) is 10.2 Å². The fourth-order valence-corrected chi connectivity index (χ4v) is 10.7. The summed E-state index contributed by atoms with van der Waals surface area (Å²) in [6.07, 6.45) is 13.1. The van der Waals surface area contributed by atoms with E-state index < -0.39 is 5.97 Å². The number of nitrogens with zero attached hydrogens (tertiary/aromatic N) is 6. The normalized spacial score (nSPS) is 24.1. The maximum Gasteiger partial charge on any atom is 0.341 e. The van der Waals surface area contributed by atoms with E-state index >= 15 is 0 Å². The molecule has 4 saturated carbocycles. The molecule has 0 radical (unpaired) electrons. The number of pyridine rings is 1. The summed E-state index contributed by atoms with van der Waals surface area (Å²) in [6.45, 7) is 2.99. The van der Waals surface area contributed by atoms with E-state index in [1.807, 2.05) is 41.9 Å². The van der Waals surface area contributed by atoms with Gasteiger partial charge in [-0.15, -0.1) is 11.3 Å². The highest BCUT2D eigenvalue weighted by Gasteiger charge is 2.48. The molecule has 2 unspecified atom stereocenters. The fraction of sp³-hybridized carbons (Fsp3) is 0.382. The van der Waals surface area contributed by atoms with Crippen LogP contribution in [0.3, 0.4) is 0 Å². The average Bonchev–Trinajstić information content (AvgIpc) is 3.75. The van der Waals surface area contributed by atoms with E-state index in [0.29, 0.717) is 21.8 Å². The van der Waals surface area contributed by atoms with Gasteiger partial charge in [0.15, 0.2) is 5.13 Å². The minimum Gasteiger partial charge on any atom is -0.478 e. The van der Waals surface area contributed by atoms with Crippen LogP contribution in [0.2, 0.25) is 0 Å². The Bertz CT molecular complexity index is 2040. The molecule has 4 fully saturated rings. The van der Waals surface area contributed by atoms with E-state index in [1.165, 1.54) is 56.3 Å². The molecule has 4 bridgehead atoms. The SMILES string of the molecule is Cc1c(-c2nn3c(-c4ccc(Nc5nc6ccccc6s5)nc4)csc3c2C(=O)O)cnn1CC12CC3CCC(CC(C3)C1)C2. The van der Waals surface area contributed by atoms with Gasteiger partial charge < -0.3 is 10.4 Å². The van der Waals surface area contributed by atoms with Gasteiger partial charge in [0.1, 0.15) is 21.9 Å². The molecule has 5 heterocycles. The van der Waals surface area contributed by atoms with E-state index in [-0.39, 0.29) is 5.56 Å². The topological polar surface area (TPSA) is 110 Å². The Morgan fingerprint density at radius 2 is 1.87 bits per heavy atom. The number of rotatable bonds is 7. The van der Waals surface area contributed by atoms with Crippen LogP contribution in [0.4, 0.5) is 10.9 Å². The zero-order valence-electron chi connectivity index (χ0n) is 24.9. The maximum absolute atomic E-state index is 12.7. The van der Waals surface area contributed by atoms with Crippen LogP contribution in [0.5, 0.6) is 0 Å². The van der Waals surface area contributed by atoms with Crippen molar-refractivity contribution in [1.82, 2.24) is 29.4 Å². The standard InChI is InChI=1S/C34H33N7O2S2/c1-19-24(16-36-40(19)18-34-12-20-6-7-21(13-34)11-22(10-20)14-34)30-29(32(42)43)31-41(39-30)26(17-44-31)23-8-9-28(35-15-23)38-33-37-25-4-2-3-5-27(25)45-33/h2-5,8-9,15-17,20-22H,6-7,10-14,18H2,1H3,(H,42,43)(H,35,37,38). The third kappa shape index (κ3) is 4.58. The molecule has 0 amide bonds. The first-order valence-corrected chi connectivity index (χ1v) is 17.5. The number of thiazole rings is 2. The third-order valence-corrected chi connectivity index (χ3v) is 12.4. The number of carbonyl (C=O) groups is 1. The second kappa shape index (κ2) is 10.2. The Hall–Kier alpha value is -4.09. The number of hydrogen-bond donors (Lipinski definition) is 2. The molecule has 0 spiro atoms. The molecule has 0 saturated heterocycles. The predicted octanol–water partition coefficient (Wildman–Crippen LogP) is 8.29. The van der Waals surface area contributed by atoms with Crippen molar-refractivity contribution in [3.05, 3.63) is 65.4 Å². The third-order valence-electron chi connectivity index (χ3n) is 10.5. The van der Waals surface area contributed by atoms with Crippen molar-refractivity contribution in [2.45, 2.75) is 58.4 Å². The molecule has 4 aliphatic rings. The molecule has 1 aromatic carbocycles. The summed E-state index contributed by atoms with van der Waals surface area (Å²) < 4.78 is 5.01. The minimum atomic E-state index is -0.980. The molecule has 2 N–H and O–H groups in total. The van der Waals surface area contributed by atoms with Crippen molar-refractivity contribution in [2.24, 2.45) is 23.2 Å². The summed E-state index contributed by atoms with van der Waals surface area (Å²) in [5.41, 5.74) is 5.42. The van der Waals surface area contributed by atoms with Crippen LogP contribution in [0.1, 0.15) is 61.0 Å². The number of para-hydroxylation sites is 1. The van der Waals surface area contributed by atoms with Crippen LogP contribution in [-0.2, 0) is 6.54 Å². The molecule has 228 valence electrons. The van der Waals surface area contributed by atoms with E-state index in [0.717, 1.165) is 62.2 Å². The van der Waals surface area contributed by atoms with Gasteiger partial charge in [0, 0.05) is 34.9 Å². The quantitative estimate of drug-likeness (QED) is 0.182. The van der Waals surface area contributed by atoms with Gasteiger partial charge >= 0.3 is 5.97 Å². The van der Waals surface area contributed by atoms with Crippen molar-refractivity contribution in [1.29, 1.82) is 0 Å². The lowest BCUT2D eigenvalue weighted by Gasteiger charge is -2.48. The van der Waals surface area contributed by atoms with Gasteiger partial charge in [0.05, 0.1) is 22.1 Å². The Morgan fingerprint density at radius 1 is 1.07 bits per heavy atom. The summed E-state index contributed by atoms with van der Waals surface area (Å²) in [5.74, 6) is 2.29. The zero-order chi connectivity index (χ0) is 30.3. The summed E-state index contributed by atoms with van der Waals surface area (Å²) in [7, 11) is 0. The molecule has 45 heavy (non-hydrogen) atoms. The summed E-state index contributed by atoms with van der Waals surface area (Å²) in [4.78, 5) is 22.5. The van der Waals surface area contributed by atoms with Crippen LogP contribution >= 0.6 is 22.7 Å². The van der Waals surface area contributed by atoms with Gasteiger partial charge in [-0.3, -0.25) is 4.68 Å². The van der Waals surface area contributed by atoms with Gasteiger partial charge in [0.2, 0.25) is 0 Å². The first-order chi connectivity index (χ1) is 21.9. The molecule has 10 rings (SSSR count). The molecule has 2 atom stereocenters. The Kier molecular flexibility index (Phi) is 6.18.